The molecule has 1 N–H and O–H groups in total. The molecule has 14 heavy (non-hydrogen) atoms. The molecule has 1 aliphatic heterocycles. The van der Waals surface area contributed by atoms with Crippen LogP contribution in [-0.4, -0.2) is 20.2 Å². The average Bonchev–Trinajstić information content (AvgIpc) is 2.14. The molecule has 0 unspecified atom stereocenters. The van der Waals surface area contributed by atoms with Gasteiger partial charge >= 0.3 is 0 Å². The van der Waals surface area contributed by atoms with Gasteiger partial charge in [-0.1, -0.05) is 19.1 Å². The molecule has 1 fully saturated rings. The number of hydrogen-bond acceptors (Lipinski definition) is 2. The standard InChI is InChI=1S/C12H17NO/c1-9-6-10(4-5-11(9)14-3)12(2)7-13-8-12/h4-6,13H,7-8H2,1-3H3. The Morgan fingerprint density at radius 1 is 1.36 bits per heavy atom. The van der Waals surface area contributed by atoms with Gasteiger partial charge in [-0.05, 0) is 24.1 Å². The van der Waals surface area contributed by atoms with Gasteiger partial charge in [0.05, 0.1) is 7.11 Å². The minimum atomic E-state index is 0.330. The molecule has 1 saturated heterocycles. The molecule has 1 heterocycles. The molecule has 76 valence electrons. The molecule has 1 aromatic rings. The second-order valence-corrected chi connectivity index (χ2v) is 4.35. The van der Waals surface area contributed by atoms with Crippen LogP contribution in [0.2, 0.25) is 0 Å². The molecule has 2 nitrogen and oxygen atoms in total. The van der Waals surface area contributed by atoms with Crippen molar-refractivity contribution in [3.05, 3.63) is 29.3 Å². The molecular weight excluding hydrogens is 174 g/mol. The van der Waals surface area contributed by atoms with Gasteiger partial charge in [0.15, 0.2) is 0 Å². The second kappa shape index (κ2) is 3.28. The zero-order valence-electron chi connectivity index (χ0n) is 9.05. The van der Waals surface area contributed by atoms with E-state index in [0.717, 1.165) is 18.8 Å². The molecule has 0 saturated carbocycles. The lowest BCUT2D eigenvalue weighted by Crippen LogP contribution is -2.54. The highest BCUT2D eigenvalue weighted by Crippen LogP contribution is 2.30. The number of rotatable bonds is 2. The van der Waals surface area contributed by atoms with E-state index in [4.69, 9.17) is 4.74 Å². The molecule has 0 spiro atoms. The first-order valence-corrected chi connectivity index (χ1v) is 5.01. The van der Waals surface area contributed by atoms with Crippen molar-refractivity contribution in [2.45, 2.75) is 19.3 Å². The van der Waals surface area contributed by atoms with Crippen LogP contribution >= 0.6 is 0 Å². The van der Waals surface area contributed by atoms with Crippen LogP contribution in [0.25, 0.3) is 0 Å². The van der Waals surface area contributed by atoms with Crippen molar-refractivity contribution in [2.75, 3.05) is 20.2 Å². The highest BCUT2D eigenvalue weighted by atomic mass is 16.5. The first-order chi connectivity index (χ1) is 6.65. The highest BCUT2D eigenvalue weighted by Gasteiger charge is 2.33. The Hall–Kier alpha value is -1.02. The largest absolute Gasteiger partial charge is 0.496 e. The normalized spacial score (nSPS) is 18.8. The molecule has 2 rings (SSSR count). The maximum absolute atomic E-state index is 5.25. The predicted octanol–water partition coefficient (Wildman–Crippen LogP) is 1.86. The van der Waals surface area contributed by atoms with E-state index in [2.05, 4.69) is 37.4 Å². The summed E-state index contributed by atoms with van der Waals surface area (Å²) in [5.41, 5.74) is 2.96. The number of hydrogen-bond donors (Lipinski definition) is 1. The van der Waals surface area contributed by atoms with Gasteiger partial charge in [-0.25, -0.2) is 0 Å². The SMILES string of the molecule is COc1ccc(C2(C)CNC2)cc1C. The van der Waals surface area contributed by atoms with E-state index in [0.29, 0.717) is 5.41 Å². The lowest BCUT2D eigenvalue weighted by molar-refractivity contribution is 0.305. The van der Waals surface area contributed by atoms with E-state index in [1.54, 1.807) is 7.11 Å². The lowest BCUT2D eigenvalue weighted by Gasteiger charge is -2.40. The molecule has 0 radical (unpaired) electrons. The fourth-order valence-electron chi connectivity index (χ4n) is 1.96. The maximum atomic E-state index is 5.25. The van der Waals surface area contributed by atoms with Crippen molar-refractivity contribution in [3.8, 4) is 5.75 Å². The van der Waals surface area contributed by atoms with Crippen molar-refractivity contribution in [1.29, 1.82) is 0 Å². The first-order valence-electron chi connectivity index (χ1n) is 5.01. The summed E-state index contributed by atoms with van der Waals surface area (Å²) in [6.07, 6.45) is 0. The summed E-state index contributed by atoms with van der Waals surface area (Å²) in [6, 6.07) is 6.47. The number of ether oxygens (including phenoxy) is 1. The Kier molecular flexibility index (Phi) is 2.23. The van der Waals surface area contributed by atoms with Crippen molar-refractivity contribution in [2.24, 2.45) is 0 Å². The Labute approximate surface area is 85.3 Å². The third kappa shape index (κ3) is 1.40. The number of methoxy groups -OCH3 is 1. The van der Waals surface area contributed by atoms with E-state index in [1.165, 1.54) is 11.1 Å². The fraction of sp³-hybridized carbons (Fsp3) is 0.500. The third-order valence-electron chi connectivity index (χ3n) is 3.12. The Balaban J connectivity index is 2.32. The second-order valence-electron chi connectivity index (χ2n) is 4.35. The van der Waals surface area contributed by atoms with Crippen molar-refractivity contribution in [1.82, 2.24) is 5.32 Å². The van der Waals surface area contributed by atoms with Crippen molar-refractivity contribution < 1.29 is 4.74 Å². The van der Waals surface area contributed by atoms with E-state index in [1.807, 2.05) is 0 Å². The molecule has 0 aliphatic carbocycles. The zero-order chi connectivity index (χ0) is 10.2. The van der Waals surface area contributed by atoms with E-state index in [-0.39, 0.29) is 0 Å². The summed E-state index contributed by atoms with van der Waals surface area (Å²) in [5, 5.41) is 3.32. The summed E-state index contributed by atoms with van der Waals surface area (Å²) in [7, 11) is 1.72. The molecule has 1 aromatic carbocycles. The molecule has 0 aromatic heterocycles. The minimum absolute atomic E-state index is 0.330. The third-order valence-corrected chi connectivity index (χ3v) is 3.12. The topological polar surface area (TPSA) is 21.3 Å². The zero-order valence-corrected chi connectivity index (χ0v) is 9.05. The molecule has 1 aliphatic rings. The van der Waals surface area contributed by atoms with Gasteiger partial charge in [0, 0.05) is 18.5 Å². The van der Waals surface area contributed by atoms with Crippen LogP contribution in [0.4, 0.5) is 0 Å². The Morgan fingerprint density at radius 2 is 2.07 bits per heavy atom. The molecular formula is C12H17NO. The van der Waals surface area contributed by atoms with Crippen LogP contribution in [0, 0.1) is 6.92 Å². The minimum Gasteiger partial charge on any atom is -0.496 e. The van der Waals surface area contributed by atoms with Crippen LogP contribution in [0.15, 0.2) is 18.2 Å². The van der Waals surface area contributed by atoms with Gasteiger partial charge < -0.3 is 10.1 Å². The van der Waals surface area contributed by atoms with Gasteiger partial charge in [0.25, 0.3) is 0 Å². The van der Waals surface area contributed by atoms with Gasteiger partial charge in [0.1, 0.15) is 5.75 Å². The Bertz CT molecular complexity index is 342. The van der Waals surface area contributed by atoms with Gasteiger partial charge in [-0.3, -0.25) is 0 Å². The summed E-state index contributed by atoms with van der Waals surface area (Å²) >= 11 is 0. The summed E-state index contributed by atoms with van der Waals surface area (Å²) in [4.78, 5) is 0. The van der Waals surface area contributed by atoms with E-state index >= 15 is 0 Å². The predicted molar refractivity (Wildman–Crippen MR) is 58.0 cm³/mol. The highest BCUT2D eigenvalue weighted by molar-refractivity contribution is 5.40. The van der Waals surface area contributed by atoms with E-state index in [9.17, 15) is 0 Å². The van der Waals surface area contributed by atoms with Crippen LogP contribution in [0.1, 0.15) is 18.1 Å². The monoisotopic (exact) mass is 191 g/mol. The van der Waals surface area contributed by atoms with Crippen LogP contribution in [0.3, 0.4) is 0 Å². The maximum Gasteiger partial charge on any atom is 0.121 e. The van der Waals surface area contributed by atoms with Crippen LogP contribution in [0.5, 0.6) is 5.75 Å². The lowest BCUT2D eigenvalue weighted by atomic mass is 9.77. The Morgan fingerprint density at radius 3 is 2.50 bits per heavy atom. The molecule has 0 amide bonds. The molecule has 0 bridgehead atoms. The van der Waals surface area contributed by atoms with Crippen molar-refractivity contribution >= 4 is 0 Å². The van der Waals surface area contributed by atoms with Crippen molar-refractivity contribution in [3.63, 3.8) is 0 Å². The van der Waals surface area contributed by atoms with E-state index < -0.39 is 0 Å². The quantitative estimate of drug-likeness (QED) is 0.770. The number of benzene rings is 1. The fourth-order valence-corrected chi connectivity index (χ4v) is 1.96. The first kappa shape index (κ1) is 9.53. The van der Waals surface area contributed by atoms with Gasteiger partial charge in [0.2, 0.25) is 0 Å². The summed E-state index contributed by atoms with van der Waals surface area (Å²) in [5.74, 6) is 0.977. The number of aryl methyl sites for hydroxylation is 1. The molecule has 2 heteroatoms. The van der Waals surface area contributed by atoms with Crippen LogP contribution in [-0.2, 0) is 5.41 Å². The summed E-state index contributed by atoms with van der Waals surface area (Å²) < 4.78 is 5.25. The van der Waals surface area contributed by atoms with Gasteiger partial charge in [-0.2, -0.15) is 0 Å². The van der Waals surface area contributed by atoms with Crippen LogP contribution < -0.4 is 10.1 Å². The smallest absolute Gasteiger partial charge is 0.121 e. The number of nitrogens with one attached hydrogen (secondary N) is 1. The molecule has 0 atom stereocenters. The van der Waals surface area contributed by atoms with Gasteiger partial charge in [-0.15, -0.1) is 0 Å². The average molecular weight is 191 g/mol. The summed E-state index contributed by atoms with van der Waals surface area (Å²) in [6.45, 7) is 6.56.